The molecular formula is C24H21N5O3S. The predicted octanol–water partition coefficient (Wildman–Crippen LogP) is 3.82. The molecule has 33 heavy (non-hydrogen) atoms. The van der Waals surface area contributed by atoms with Crippen LogP contribution in [0.25, 0.3) is 27.7 Å². The molecule has 3 aromatic carbocycles. The average molecular weight is 460 g/mol. The molecule has 9 heteroatoms. The molecule has 8 nitrogen and oxygen atoms in total. The minimum Gasteiger partial charge on any atom is -0.497 e. The summed E-state index contributed by atoms with van der Waals surface area (Å²) in [5.74, 6) is 1.45. The number of hydrogen-bond donors (Lipinski definition) is 2. The minimum atomic E-state index is -3.71. The zero-order valence-electron chi connectivity index (χ0n) is 17.8. The van der Waals surface area contributed by atoms with Crippen LogP contribution in [0.15, 0.2) is 84.1 Å². The lowest BCUT2D eigenvalue weighted by atomic mass is 10.1. The van der Waals surface area contributed by atoms with Crippen LogP contribution in [0.5, 0.6) is 5.75 Å². The fraction of sp³-hybridized carbons (Fsp3) is 0.0833. The number of rotatable bonds is 6. The number of benzene rings is 3. The Balaban J connectivity index is 1.43. The fourth-order valence-corrected chi connectivity index (χ4v) is 4.27. The van der Waals surface area contributed by atoms with Crippen molar-refractivity contribution in [1.82, 2.24) is 14.4 Å². The second kappa shape index (κ2) is 8.19. The third-order valence-corrected chi connectivity index (χ3v) is 6.41. The van der Waals surface area contributed by atoms with Gasteiger partial charge in [-0.05, 0) is 46.7 Å². The second-order valence-electron chi connectivity index (χ2n) is 7.58. The van der Waals surface area contributed by atoms with Crippen molar-refractivity contribution in [3.05, 3.63) is 84.8 Å². The Morgan fingerprint density at radius 3 is 2.52 bits per heavy atom. The number of nitrogens with zero attached hydrogens (tertiary/aromatic N) is 3. The first-order valence-electron chi connectivity index (χ1n) is 10.2. The smallest absolute Gasteiger partial charge is 0.238 e. The summed E-state index contributed by atoms with van der Waals surface area (Å²) >= 11 is 0. The highest BCUT2D eigenvalue weighted by molar-refractivity contribution is 7.89. The summed E-state index contributed by atoms with van der Waals surface area (Å²) in [6.07, 6.45) is 5.42. The summed E-state index contributed by atoms with van der Waals surface area (Å²) in [7, 11) is -2.05. The van der Waals surface area contributed by atoms with E-state index in [0.717, 1.165) is 33.3 Å². The number of imidazole rings is 1. The number of fused-ring (bicyclic) bond motifs is 2. The molecule has 5 aromatic rings. The van der Waals surface area contributed by atoms with Gasteiger partial charge in [0.1, 0.15) is 5.75 Å². The maximum Gasteiger partial charge on any atom is 0.238 e. The minimum absolute atomic E-state index is 0.0817. The van der Waals surface area contributed by atoms with Crippen molar-refractivity contribution < 1.29 is 13.2 Å². The van der Waals surface area contributed by atoms with E-state index in [4.69, 9.17) is 9.88 Å². The van der Waals surface area contributed by atoms with E-state index >= 15 is 0 Å². The van der Waals surface area contributed by atoms with Gasteiger partial charge < -0.3 is 10.1 Å². The Morgan fingerprint density at radius 1 is 1.00 bits per heavy atom. The predicted molar refractivity (Wildman–Crippen MR) is 128 cm³/mol. The summed E-state index contributed by atoms with van der Waals surface area (Å²) in [6.45, 7) is 0.456. The first kappa shape index (κ1) is 20.9. The van der Waals surface area contributed by atoms with Crippen LogP contribution in [0.1, 0.15) is 5.56 Å². The number of anilines is 1. The third-order valence-electron chi connectivity index (χ3n) is 5.48. The summed E-state index contributed by atoms with van der Waals surface area (Å²) in [5.41, 5.74) is 3.58. The number of methoxy groups -OCH3 is 1. The van der Waals surface area contributed by atoms with Crippen molar-refractivity contribution in [2.45, 2.75) is 11.4 Å². The SMILES string of the molecule is COc1ccc2cc(-c3cnc4c(NCc5ccc(S(N)(=O)=O)cc5)nccn34)ccc2c1. The van der Waals surface area contributed by atoms with Gasteiger partial charge in [-0.25, -0.2) is 23.5 Å². The largest absolute Gasteiger partial charge is 0.497 e. The lowest BCUT2D eigenvalue weighted by molar-refractivity contribution is 0.415. The van der Waals surface area contributed by atoms with E-state index in [1.54, 1.807) is 25.4 Å². The van der Waals surface area contributed by atoms with Crippen molar-refractivity contribution in [3.63, 3.8) is 0 Å². The summed E-state index contributed by atoms with van der Waals surface area (Å²) in [6, 6.07) is 18.7. The zero-order valence-corrected chi connectivity index (χ0v) is 18.6. The molecule has 0 amide bonds. The molecule has 0 aliphatic rings. The lowest BCUT2D eigenvalue weighted by Gasteiger charge is -2.09. The Morgan fingerprint density at radius 2 is 1.76 bits per heavy atom. The number of aromatic nitrogens is 3. The van der Waals surface area contributed by atoms with Crippen LogP contribution in [0, 0.1) is 0 Å². The summed E-state index contributed by atoms with van der Waals surface area (Å²) in [4.78, 5) is 9.10. The van der Waals surface area contributed by atoms with Crippen LogP contribution in [0.4, 0.5) is 5.82 Å². The zero-order chi connectivity index (χ0) is 23.0. The third kappa shape index (κ3) is 4.11. The van der Waals surface area contributed by atoms with E-state index in [2.05, 4.69) is 33.5 Å². The Bertz CT molecular complexity index is 1580. The van der Waals surface area contributed by atoms with Crippen molar-refractivity contribution >= 4 is 32.3 Å². The first-order valence-corrected chi connectivity index (χ1v) is 11.7. The van der Waals surface area contributed by atoms with Gasteiger partial charge in [0.15, 0.2) is 11.5 Å². The maximum absolute atomic E-state index is 11.4. The van der Waals surface area contributed by atoms with E-state index in [9.17, 15) is 8.42 Å². The molecule has 0 spiro atoms. The van der Waals surface area contributed by atoms with Gasteiger partial charge in [-0.2, -0.15) is 0 Å². The van der Waals surface area contributed by atoms with Gasteiger partial charge in [-0.3, -0.25) is 4.40 Å². The van der Waals surface area contributed by atoms with Gasteiger partial charge in [0.05, 0.1) is 23.9 Å². The summed E-state index contributed by atoms with van der Waals surface area (Å²) < 4.78 is 30.2. The molecule has 0 aliphatic heterocycles. The molecule has 2 heterocycles. The van der Waals surface area contributed by atoms with Crippen LogP contribution in [0.2, 0.25) is 0 Å². The normalized spacial score (nSPS) is 11.7. The molecule has 3 N–H and O–H groups in total. The van der Waals surface area contributed by atoms with Gasteiger partial charge in [0, 0.05) is 24.5 Å². The molecule has 0 radical (unpaired) electrons. The first-order chi connectivity index (χ1) is 15.9. The second-order valence-corrected chi connectivity index (χ2v) is 9.14. The number of primary sulfonamides is 1. The number of hydrogen-bond acceptors (Lipinski definition) is 6. The van der Waals surface area contributed by atoms with E-state index in [1.165, 1.54) is 12.1 Å². The maximum atomic E-state index is 11.4. The summed E-state index contributed by atoms with van der Waals surface area (Å²) in [5, 5.41) is 10.6. The molecule has 0 atom stereocenters. The number of nitrogens with one attached hydrogen (secondary N) is 1. The van der Waals surface area contributed by atoms with Gasteiger partial charge in [0.25, 0.3) is 0 Å². The molecule has 0 unspecified atom stereocenters. The van der Waals surface area contributed by atoms with Crippen LogP contribution >= 0.6 is 0 Å². The Hall–Kier alpha value is -3.95. The standard InChI is InChI=1S/C24H21N5O3S/c1-32-20-7-6-17-12-19(5-4-18(17)13-20)22-15-28-24-23(26-10-11-29(22)24)27-14-16-2-8-21(9-3-16)33(25,30)31/h2-13,15H,14H2,1H3,(H,26,27)(H2,25,30,31). The van der Waals surface area contributed by atoms with E-state index in [-0.39, 0.29) is 4.90 Å². The molecule has 2 aromatic heterocycles. The van der Waals surface area contributed by atoms with Crippen molar-refractivity contribution in [3.8, 4) is 17.0 Å². The quantitative estimate of drug-likeness (QED) is 0.399. The average Bonchev–Trinajstić information content (AvgIpc) is 3.26. The Kier molecular flexibility index (Phi) is 5.20. The van der Waals surface area contributed by atoms with Crippen molar-refractivity contribution in [2.24, 2.45) is 5.14 Å². The monoisotopic (exact) mass is 459 g/mol. The van der Waals surface area contributed by atoms with Crippen LogP contribution in [0.3, 0.4) is 0 Å². The van der Waals surface area contributed by atoms with Gasteiger partial charge >= 0.3 is 0 Å². The van der Waals surface area contributed by atoms with E-state index in [0.29, 0.717) is 18.0 Å². The molecule has 166 valence electrons. The molecule has 0 aliphatic carbocycles. The highest BCUT2D eigenvalue weighted by atomic mass is 32.2. The van der Waals surface area contributed by atoms with Gasteiger partial charge in [-0.15, -0.1) is 0 Å². The van der Waals surface area contributed by atoms with Crippen molar-refractivity contribution in [2.75, 3.05) is 12.4 Å². The number of sulfonamides is 1. The molecule has 0 fully saturated rings. The molecule has 0 saturated carbocycles. The van der Waals surface area contributed by atoms with Gasteiger partial charge in [0.2, 0.25) is 10.0 Å². The molecule has 0 saturated heterocycles. The highest BCUT2D eigenvalue weighted by Crippen LogP contribution is 2.28. The van der Waals surface area contributed by atoms with E-state index in [1.807, 2.05) is 35.0 Å². The fourth-order valence-electron chi connectivity index (χ4n) is 3.75. The molecule has 0 bridgehead atoms. The van der Waals surface area contributed by atoms with E-state index < -0.39 is 10.0 Å². The number of ether oxygens (including phenoxy) is 1. The lowest BCUT2D eigenvalue weighted by Crippen LogP contribution is -2.12. The number of nitrogens with two attached hydrogens (primary N) is 1. The van der Waals surface area contributed by atoms with Crippen molar-refractivity contribution in [1.29, 1.82) is 0 Å². The Labute approximate surface area is 190 Å². The molecular weight excluding hydrogens is 438 g/mol. The van der Waals surface area contributed by atoms with Crippen LogP contribution in [-0.4, -0.2) is 29.9 Å². The topological polar surface area (TPSA) is 112 Å². The molecule has 5 rings (SSSR count). The van der Waals surface area contributed by atoms with Crippen LogP contribution < -0.4 is 15.2 Å². The van der Waals surface area contributed by atoms with Crippen LogP contribution in [-0.2, 0) is 16.6 Å². The highest BCUT2D eigenvalue weighted by Gasteiger charge is 2.12. The van der Waals surface area contributed by atoms with Gasteiger partial charge in [-0.1, -0.05) is 30.3 Å².